The minimum absolute atomic E-state index is 0.00254. The number of anilines is 2. The number of aldehydes is 1. The normalized spacial score (nSPS) is 16.6. The minimum Gasteiger partial charge on any atom is -0.488 e. The van der Waals surface area contributed by atoms with E-state index in [4.69, 9.17) is 4.74 Å². The maximum Gasteiger partial charge on any atom is 0.255 e. The number of benzene rings is 1. The molecule has 1 atom stereocenters. The van der Waals surface area contributed by atoms with Crippen LogP contribution in [0.2, 0.25) is 0 Å². The second kappa shape index (κ2) is 7.59. The molecule has 4 rings (SSSR count). The van der Waals surface area contributed by atoms with Crippen LogP contribution < -0.4 is 15.0 Å². The number of amides is 1. The third kappa shape index (κ3) is 3.22. The summed E-state index contributed by atoms with van der Waals surface area (Å²) in [6.45, 7) is 4.78. The second-order valence-corrected chi connectivity index (χ2v) is 7.13. The van der Waals surface area contributed by atoms with E-state index in [1.807, 2.05) is 37.1 Å². The molecule has 1 fully saturated rings. The standard InChI is InChI=1S/C21H24N4O3/c1-14(22-2)18-11-17(5-4-15(18)13-26)25-8-9-28-19-10-16(12-23-20(19)25)21(27)24-6-3-7-24/h4-5,10-14,22H,3,6-9H2,1-2H3. The van der Waals surface area contributed by atoms with E-state index in [1.165, 1.54) is 0 Å². The lowest BCUT2D eigenvalue weighted by Gasteiger charge is -2.33. The first-order valence-corrected chi connectivity index (χ1v) is 9.58. The Morgan fingerprint density at radius 1 is 1.29 bits per heavy atom. The number of pyridine rings is 1. The second-order valence-electron chi connectivity index (χ2n) is 7.13. The Morgan fingerprint density at radius 2 is 2.11 bits per heavy atom. The van der Waals surface area contributed by atoms with Gasteiger partial charge in [-0.1, -0.05) is 0 Å². The van der Waals surface area contributed by atoms with E-state index in [9.17, 15) is 9.59 Å². The molecule has 1 saturated heterocycles. The van der Waals surface area contributed by atoms with Crippen LogP contribution >= 0.6 is 0 Å². The number of fused-ring (bicyclic) bond motifs is 1. The van der Waals surface area contributed by atoms with Crippen molar-refractivity contribution in [2.45, 2.75) is 19.4 Å². The van der Waals surface area contributed by atoms with Crippen molar-refractivity contribution < 1.29 is 14.3 Å². The highest BCUT2D eigenvalue weighted by Crippen LogP contribution is 2.36. The van der Waals surface area contributed by atoms with E-state index in [0.717, 1.165) is 37.0 Å². The lowest BCUT2D eigenvalue weighted by atomic mass is 10.0. The Balaban J connectivity index is 1.68. The Morgan fingerprint density at radius 3 is 2.79 bits per heavy atom. The van der Waals surface area contributed by atoms with Crippen molar-refractivity contribution in [2.75, 3.05) is 38.2 Å². The SMILES string of the molecule is CNC(C)c1cc(N2CCOc3cc(C(=O)N4CCC4)cnc32)ccc1C=O. The van der Waals surface area contributed by atoms with Gasteiger partial charge in [-0.15, -0.1) is 0 Å². The molecular formula is C21H24N4O3. The fourth-order valence-electron chi connectivity index (χ4n) is 3.54. The summed E-state index contributed by atoms with van der Waals surface area (Å²) in [5.41, 5.74) is 3.11. The first kappa shape index (κ1) is 18.4. The third-order valence-corrected chi connectivity index (χ3v) is 5.46. The van der Waals surface area contributed by atoms with Crippen molar-refractivity contribution >= 4 is 23.7 Å². The molecule has 28 heavy (non-hydrogen) atoms. The molecule has 1 aromatic heterocycles. The summed E-state index contributed by atoms with van der Waals surface area (Å²) in [7, 11) is 1.87. The van der Waals surface area contributed by atoms with Crippen molar-refractivity contribution in [1.82, 2.24) is 15.2 Å². The summed E-state index contributed by atoms with van der Waals surface area (Å²) in [5, 5.41) is 3.19. The van der Waals surface area contributed by atoms with Crippen molar-refractivity contribution in [3.8, 4) is 5.75 Å². The van der Waals surface area contributed by atoms with Crippen LogP contribution in [-0.4, -0.2) is 55.4 Å². The predicted octanol–water partition coefficient (Wildman–Crippen LogP) is 2.55. The van der Waals surface area contributed by atoms with Gasteiger partial charge in [-0.25, -0.2) is 4.98 Å². The maximum absolute atomic E-state index is 12.5. The largest absolute Gasteiger partial charge is 0.488 e. The molecule has 2 aromatic rings. The number of nitrogens with one attached hydrogen (secondary N) is 1. The smallest absolute Gasteiger partial charge is 0.255 e. The number of carbonyl (C=O) groups excluding carboxylic acids is 2. The molecule has 0 spiro atoms. The van der Waals surface area contributed by atoms with E-state index in [2.05, 4.69) is 15.2 Å². The predicted molar refractivity (Wildman–Crippen MR) is 107 cm³/mol. The highest BCUT2D eigenvalue weighted by atomic mass is 16.5. The van der Waals surface area contributed by atoms with E-state index in [-0.39, 0.29) is 11.9 Å². The van der Waals surface area contributed by atoms with E-state index in [0.29, 0.717) is 35.8 Å². The van der Waals surface area contributed by atoms with Crippen molar-refractivity contribution in [3.05, 3.63) is 47.2 Å². The summed E-state index contributed by atoms with van der Waals surface area (Å²) in [6.07, 6.45) is 3.56. The van der Waals surface area contributed by atoms with Crippen LogP contribution in [0.5, 0.6) is 5.75 Å². The van der Waals surface area contributed by atoms with Gasteiger partial charge in [0.25, 0.3) is 5.91 Å². The van der Waals surface area contributed by atoms with Gasteiger partial charge >= 0.3 is 0 Å². The fraction of sp³-hybridized carbons (Fsp3) is 0.381. The van der Waals surface area contributed by atoms with E-state index >= 15 is 0 Å². The zero-order valence-electron chi connectivity index (χ0n) is 16.1. The molecule has 0 aliphatic carbocycles. The topological polar surface area (TPSA) is 74.8 Å². The molecule has 1 N–H and O–H groups in total. The molecule has 0 saturated carbocycles. The number of aromatic nitrogens is 1. The Labute approximate surface area is 164 Å². The number of rotatable bonds is 5. The molecule has 7 nitrogen and oxygen atoms in total. The molecule has 1 amide bonds. The number of nitrogens with zero attached hydrogens (tertiary/aromatic N) is 3. The van der Waals surface area contributed by atoms with Crippen LogP contribution in [0.1, 0.15) is 45.7 Å². The minimum atomic E-state index is 0.00254. The lowest BCUT2D eigenvalue weighted by Crippen LogP contribution is -2.42. The number of ether oxygens (including phenoxy) is 1. The Bertz CT molecular complexity index is 911. The van der Waals surface area contributed by atoms with Crippen LogP contribution in [-0.2, 0) is 0 Å². The van der Waals surface area contributed by atoms with Gasteiger partial charge in [0.2, 0.25) is 0 Å². The molecule has 1 aromatic carbocycles. The molecule has 1 unspecified atom stereocenters. The molecular weight excluding hydrogens is 356 g/mol. The first-order chi connectivity index (χ1) is 13.6. The monoisotopic (exact) mass is 380 g/mol. The quantitative estimate of drug-likeness (QED) is 0.804. The molecule has 2 aliphatic heterocycles. The van der Waals surface area contributed by atoms with Crippen LogP contribution in [0.3, 0.4) is 0 Å². The van der Waals surface area contributed by atoms with Gasteiger partial charge in [-0.3, -0.25) is 9.59 Å². The van der Waals surface area contributed by atoms with Crippen LogP contribution in [0.25, 0.3) is 0 Å². The van der Waals surface area contributed by atoms with Gasteiger partial charge in [0, 0.05) is 36.6 Å². The van der Waals surface area contributed by atoms with E-state index < -0.39 is 0 Å². The van der Waals surface area contributed by atoms with Gasteiger partial charge in [0.05, 0.1) is 12.1 Å². The lowest BCUT2D eigenvalue weighted by molar-refractivity contribution is 0.0650. The van der Waals surface area contributed by atoms with Gasteiger partial charge in [-0.05, 0) is 50.2 Å². The highest BCUT2D eigenvalue weighted by Gasteiger charge is 2.26. The van der Waals surface area contributed by atoms with Gasteiger partial charge in [0.15, 0.2) is 11.6 Å². The van der Waals surface area contributed by atoms with Crippen molar-refractivity contribution in [2.24, 2.45) is 0 Å². The highest BCUT2D eigenvalue weighted by molar-refractivity contribution is 5.95. The Kier molecular flexibility index (Phi) is 5.00. The average molecular weight is 380 g/mol. The van der Waals surface area contributed by atoms with Gasteiger partial charge in [0.1, 0.15) is 12.9 Å². The summed E-state index contributed by atoms with van der Waals surface area (Å²) < 4.78 is 5.80. The number of carbonyl (C=O) groups is 2. The first-order valence-electron chi connectivity index (χ1n) is 9.58. The van der Waals surface area contributed by atoms with Crippen LogP contribution in [0.15, 0.2) is 30.5 Å². The molecule has 7 heteroatoms. The summed E-state index contributed by atoms with van der Waals surface area (Å²) in [4.78, 5) is 32.3. The maximum atomic E-state index is 12.5. The number of hydrogen-bond acceptors (Lipinski definition) is 6. The third-order valence-electron chi connectivity index (χ3n) is 5.46. The van der Waals surface area contributed by atoms with Crippen molar-refractivity contribution in [3.63, 3.8) is 0 Å². The molecule has 2 aliphatic rings. The zero-order chi connectivity index (χ0) is 19.7. The molecule has 146 valence electrons. The van der Waals surface area contributed by atoms with Crippen LogP contribution in [0, 0.1) is 0 Å². The van der Waals surface area contributed by atoms with E-state index in [1.54, 1.807) is 12.3 Å². The summed E-state index contributed by atoms with van der Waals surface area (Å²) in [6, 6.07) is 7.60. The summed E-state index contributed by atoms with van der Waals surface area (Å²) in [5.74, 6) is 1.30. The van der Waals surface area contributed by atoms with Crippen molar-refractivity contribution in [1.29, 1.82) is 0 Å². The zero-order valence-corrected chi connectivity index (χ0v) is 16.1. The van der Waals surface area contributed by atoms with Gasteiger partial charge < -0.3 is 19.9 Å². The number of hydrogen-bond donors (Lipinski definition) is 1. The molecule has 0 bridgehead atoms. The molecule has 3 heterocycles. The molecule has 0 radical (unpaired) electrons. The Hall–Kier alpha value is -2.93. The van der Waals surface area contributed by atoms with Crippen LogP contribution in [0.4, 0.5) is 11.5 Å². The summed E-state index contributed by atoms with van der Waals surface area (Å²) >= 11 is 0. The fourth-order valence-corrected chi connectivity index (χ4v) is 3.54. The van der Waals surface area contributed by atoms with Gasteiger partial charge in [-0.2, -0.15) is 0 Å². The number of likely N-dealkylation sites (tertiary alicyclic amines) is 1. The average Bonchev–Trinajstić information content (AvgIpc) is 2.70.